The molecule has 1 heterocycles. The smallest absolute Gasteiger partial charge is 0.269 e. The number of nitro groups is 1. The van der Waals surface area contributed by atoms with Crippen LogP contribution < -0.4 is 10.6 Å². The van der Waals surface area contributed by atoms with Crippen LogP contribution in [0.3, 0.4) is 0 Å². The molecule has 144 valence electrons. The molecule has 3 aromatic rings. The van der Waals surface area contributed by atoms with Gasteiger partial charge in [-0.05, 0) is 26.3 Å². The molecule has 0 fully saturated rings. The highest BCUT2D eigenvalue weighted by atomic mass is 16.6. The molecule has 0 aliphatic heterocycles. The van der Waals surface area contributed by atoms with E-state index in [1.807, 2.05) is 63.2 Å². The lowest BCUT2D eigenvalue weighted by Crippen LogP contribution is -2.27. The van der Waals surface area contributed by atoms with Crippen molar-refractivity contribution >= 4 is 17.5 Å². The summed E-state index contributed by atoms with van der Waals surface area (Å²) in [7, 11) is 0. The maximum absolute atomic E-state index is 11.0. The molecule has 0 bridgehead atoms. The fraction of sp³-hybridized carbons (Fsp3) is 0.238. The number of nitrogens with one attached hydrogen (secondary N) is 2. The molecule has 0 spiro atoms. The monoisotopic (exact) mass is 377 g/mol. The number of non-ortho nitro benzene ring substituents is 1. The van der Waals surface area contributed by atoms with Crippen molar-refractivity contribution < 1.29 is 4.92 Å². The fourth-order valence-corrected chi connectivity index (χ4v) is 2.66. The number of nitro benzene ring substituents is 1. The van der Waals surface area contributed by atoms with E-state index < -0.39 is 4.92 Å². The molecule has 2 aromatic carbocycles. The highest BCUT2D eigenvalue weighted by Gasteiger charge is 2.14. The first-order valence-electron chi connectivity index (χ1n) is 9.00. The second kappa shape index (κ2) is 8.04. The molecule has 0 amide bonds. The fourth-order valence-electron chi connectivity index (χ4n) is 2.66. The van der Waals surface area contributed by atoms with Gasteiger partial charge in [-0.3, -0.25) is 10.1 Å². The summed E-state index contributed by atoms with van der Waals surface area (Å²) in [5.41, 5.74) is 2.47. The van der Waals surface area contributed by atoms with Crippen LogP contribution in [0.2, 0.25) is 0 Å². The number of aromatic nitrogens is 2. The van der Waals surface area contributed by atoms with E-state index in [2.05, 4.69) is 20.6 Å². The third-order valence-electron chi connectivity index (χ3n) is 3.88. The predicted octanol–water partition coefficient (Wildman–Crippen LogP) is 4.87. The highest BCUT2D eigenvalue weighted by molar-refractivity contribution is 5.64. The van der Waals surface area contributed by atoms with Crippen LogP contribution in [0.5, 0.6) is 0 Å². The minimum atomic E-state index is -0.396. The number of anilines is 2. The second-order valence-corrected chi connectivity index (χ2v) is 7.48. The van der Waals surface area contributed by atoms with E-state index in [9.17, 15) is 10.1 Å². The lowest BCUT2D eigenvalue weighted by molar-refractivity contribution is -0.384. The Morgan fingerprint density at radius 3 is 2.43 bits per heavy atom. The van der Waals surface area contributed by atoms with Gasteiger partial charge >= 0.3 is 0 Å². The Morgan fingerprint density at radius 2 is 1.75 bits per heavy atom. The third kappa shape index (κ3) is 5.26. The predicted molar refractivity (Wildman–Crippen MR) is 111 cm³/mol. The van der Waals surface area contributed by atoms with E-state index in [4.69, 9.17) is 0 Å². The van der Waals surface area contributed by atoms with Gasteiger partial charge in [-0.1, -0.05) is 42.5 Å². The van der Waals surface area contributed by atoms with Gasteiger partial charge in [0.1, 0.15) is 5.82 Å². The van der Waals surface area contributed by atoms with Crippen LogP contribution in [-0.2, 0) is 6.54 Å². The molecule has 7 nitrogen and oxygen atoms in total. The average molecular weight is 377 g/mol. The molecule has 0 unspecified atom stereocenters. The van der Waals surface area contributed by atoms with E-state index in [0.29, 0.717) is 18.3 Å². The Bertz CT molecular complexity index is 968. The number of benzene rings is 2. The zero-order chi connectivity index (χ0) is 20.1. The summed E-state index contributed by atoms with van der Waals surface area (Å²) >= 11 is 0. The maximum Gasteiger partial charge on any atom is 0.269 e. The number of rotatable bonds is 6. The Kier molecular flexibility index (Phi) is 5.54. The van der Waals surface area contributed by atoms with Crippen molar-refractivity contribution in [3.63, 3.8) is 0 Å². The molecule has 0 saturated heterocycles. The van der Waals surface area contributed by atoms with Crippen LogP contribution in [0.4, 0.5) is 17.5 Å². The largest absolute Gasteiger partial charge is 0.366 e. The summed E-state index contributed by atoms with van der Waals surface area (Å²) in [5.74, 6) is 1.17. The molecule has 0 atom stereocenters. The van der Waals surface area contributed by atoms with Crippen molar-refractivity contribution in [2.24, 2.45) is 0 Å². The summed E-state index contributed by atoms with van der Waals surface area (Å²) < 4.78 is 0. The molecule has 0 radical (unpaired) electrons. The highest BCUT2D eigenvalue weighted by Crippen LogP contribution is 2.23. The summed E-state index contributed by atoms with van der Waals surface area (Å²) in [4.78, 5) is 19.7. The molecule has 0 saturated carbocycles. The summed E-state index contributed by atoms with van der Waals surface area (Å²) in [6.07, 6.45) is 0. The van der Waals surface area contributed by atoms with Gasteiger partial charge in [-0.2, -0.15) is 4.98 Å². The third-order valence-corrected chi connectivity index (χ3v) is 3.88. The van der Waals surface area contributed by atoms with Crippen molar-refractivity contribution in [3.05, 3.63) is 76.3 Å². The average Bonchev–Trinajstić information content (AvgIpc) is 2.66. The SMILES string of the molecule is CC(C)(C)Nc1nc(NCc2cccc([N+](=O)[O-])c2)cc(-c2ccccc2)n1. The number of hydrogen-bond donors (Lipinski definition) is 2. The van der Waals surface area contributed by atoms with Crippen LogP contribution >= 0.6 is 0 Å². The lowest BCUT2D eigenvalue weighted by Gasteiger charge is -2.21. The molecular weight excluding hydrogens is 354 g/mol. The van der Waals surface area contributed by atoms with Crippen molar-refractivity contribution in [1.82, 2.24) is 9.97 Å². The van der Waals surface area contributed by atoms with Crippen molar-refractivity contribution in [3.8, 4) is 11.3 Å². The first-order chi connectivity index (χ1) is 13.3. The van der Waals surface area contributed by atoms with Crippen LogP contribution in [-0.4, -0.2) is 20.4 Å². The Balaban J connectivity index is 1.88. The first kappa shape index (κ1) is 19.3. The van der Waals surface area contributed by atoms with Crippen LogP contribution in [0, 0.1) is 10.1 Å². The van der Waals surface area contributed by atoms with Crippen LogP contribution in [0.15, 0.2) is 60.7 Å². The van der Waals surface area contributed by atoms with E-state index in [1.54, 1.807) is 12.1 Å². The number of hydrogen-bond acceptors (Lipinski definition) is 6. The topological polar surface area (TPSA) is 93.0 Å². The molecule has 3 rings (SSSR count). The van der Waals surface area contributed by atoms with Gasteiger partial charge in [-0.25, -0.2) is 4.98 Å². The molecule has 7 heteroatoms. The minimum absolute atomic E-state index is 0.0713. The van der Waals surface area contributed by atoms with Crippen molar-refractivity contribution in [2.45, 2.75) is 32.9 Å². The molecule has 1 aromatic heterocycles. The molecular formula is C21H23N5O2. The van der Waals surface area contributed by atoms with Crippen LogP contribution in [0.1, 0.15) is 26.3 Å². The number of nitrogens with zero attached hydrogens (tertiary/aromatic N) is 3. The zero-order valence-electron chi connectivity index (χ0n) is 16.1. The first-order valence-corrected chi connectivity index (χ1v) is 9.00. The van der Waals surface area contributed by atoms with E-state index in [0.717, 1.165) is 16.8 Å². The Hall–Kier alpha value is -3.48. The quantitative estimate of drug-likeness (QED) is 0.470. The van der Waals surface area contributed by atoms with E-state index in [1.165, 1.54) is 6.07 Å². The van der Waals surface area contributed by atoms with Gasteiger partial charge in [0, 0.05) is 35.8 Å². The van der Waals surface area contributed by atoms with Gasteiger partial charge < -0.3 is 10.6 Å². The summed E-state index contributed by atoms with van der Waals surface area (Å²) in [6.45, 7) is 6.55. The maximum atomic E-state index is 11.0. The van der Waals surface area contributed by atoms with Gasteiger partial charge in [0.2, 0.25) is 5.95 Å². The van der Waals surface area contributed by atoms with Crippen molar-refractivity contribution in [2.75, 3.05) is 10.6 Å². The molecule has 2 N–H and O–H groups in total. The van der Waals surface area contributed by atoms with Gasteiger partial charge in [-0.15, -0.1) is 0 Å². The normalized spacial score (nSPS) is 11.1. The molecule has 0 aliphatic carbocycles. The Labute approximate surface area is 164 Å². The van der Waals surface area contributed by atoms with Gasteiger partial charge in [0.25, 0.3) is 5.69 Å². The zero-order valence-corrected chi connectivity index (χ0v) is 16.1. The van der Waals surface area contributed by atoms with Crippen molar-refractivity contribution in [1.29, 1.82) is 0 Å². The van der Waals surface area contributed by atoms with Gasteiger partial charge in [0.15, 0.2) is 0 Å². The minimum Gasteiger partial charge on any atom is -0.366 e. The van der Waals surface area contributed by atoms with E-state index >= 15 is 0 Å². The lowest BCUT2D eigenvalue weighted by atomic mass is 10.1. The Morgan fingerprint density at radius 1 is 1.00 bits per heavy atom. The standard InChI is InChI=1S/C21H23N5O2/c1-21(2,3)25-20-23-18(16-9-5-4-6-10-16)13-19(24-20)22-14-15-8-7-11-17(12-15)26(27)28/h4-13H,14H2,1-3H3,(H2,22,23,24,25). The molecule has 0 aliphatic rings. The van der Waals surface area contributed by atoms with Gasteiger partial charge in [0.05, 0.1) is 10.6 Å². The second-order valence-electron chi connectivity index (χ2n) is 7.48. The van der Waals surface area contributed by atoms with E-state index in [-0.39, 0.29) is 11.2 Å². The van der Waals surface area contributed by atoms with Crippen LogP contribution in [0.25, 0.3) is 11.3 Å². The molecule has 28 heavy (non-hydrogen) atoms. The summed E-state index contributed by atoms with van der Waals surface area (Å²) in [6, 6.07) is 18.3. The summed E-state index contributed by atoms with van der Waals surface area (Å²) in [5, 5.41) is 17.5.